The van der Waals surface area contributed by atoms with E-state index >= 15 is 0 Å². The first kappa shape index (κ1) is 14.8. The Bertz CT molecular complexity index is 459. The summed E-state index contributed by atoms with van der Waals surface area (Å²) >= 11 is 0. The first-order chi connectivity index (χ1) is 9.48. The maximum absolute atomic E-state index is 5.77. The van der Waals surface area contributed by atoms with Crippen molar-refractivity contribution in [3.63, 3.8) is 0 Å². The van der Waals surface area contributed by atoms with Gasteiger partial charge in [0.2, 0.25) is 11.9 Å². The van der Waals surface area contributed by atoms with Gasteiger partial charge >= 0.3 is 6.01 Å². The number of nitrogen functional groups attached to an aromatic ring is 1. The van der Waals surface area contributed by atoms with Crippen molar-refractivity contribution in [3.05, 3.63) is 0 Å². The molecule has 6 nitrogen and oxygen atoms in total. The van der Waals surface area contributed by atoms with E-state index in [9.17, 15) is 0 Å². The quantitative estimate of drug-likeness (QED) is 0.890. The molecular formula is C14H25N5O. The minimum Gasteiger partial charge on any atom is -0.461 e. The number of aromatic nitrogens is 3. The summed E-state index contributed by atoms with van der Waals surface area (Å²) in [5.41, 5.74) is 6.14. The van der Waals surface area contributed by atoms with Gasteiger partial charge in [0.25, 0.3) is 0 Å². The van der Waals surface area contributed by atoms with Crippen LogP contribution in [-0.4, -0.2) is 34.1 Å². The van der Waals surface area contributed by atoms with Crippen LogP contribution in [0.2, 0.25) is 0 Å². The van der Waals surface area contributed by atoms with Crippen molar-refractivity contribution in [2.45, 2.75) is 53.1 Å². The van der Waals surface area contributed by atoms with Gasteiger partial charge in [-0.2, -0.15) is 15.0 Å². The third kappa shape index (κ3) is 3.11. The van der Waals surface area contributed by atoms with Crippen molar-refractivity contribution < 1.29 is 4.74 Å². The lowest BCUT2D eigenvalue weighted by atomic mass is 9.82. The molecule has 1 fully saturated rings. The molecule has 1 aromatic rings. The monoisotopic (exact) mass is 279 g/mol. The fourth-order valence-corrected chi connectivity index (χ4v) is 2.70. The Balaban J connectivity index is 2.19. The number of nitrogens with zero attached hydrogens (tertiary/aromatic N) is 4. The zero-order chi connectivity index (χ0) is 14.8. The van der Waals surface area contributed by atoms with Crippen LogP contribution in [0.15, 0.2) is 0 Å². The van der Waals surface area contributed by atoms with E-state index in [-0.39, 0.29) is 12.1 Å². The summed E-state index contributed by atoms with van der Waals surface area (Å²) in [4.78, 5) is 14.9. The predicted octanol–water partition coefficient (Wildman–Crippen LogP) is 2.26. The van der Waals surface area contributed by atoms with E-state index in [4.69, 9.17) is 10.5 Å². The molecule has 1 aromatic heterocycles. The molecule has 2 N–H and O–H groups in total. The Morgan fingerprint density at radius 3 is 2.50 bits per heavy atom. The van der Waals surface area contributed by atoms with Gasteiger partial charge in [-0.1, -0.05) is 13.8 Å². The van der Waals surface area contributed by atoms with Gasteiger partial charge in [-0.15, -0.1) is 0 Å². The molecule has 0 bridgehead atoms. The first-order valence-corrected chi connectivity index (χ1v) is 7.41. The molecular weight excluding hydrogens is 254 g/mol. The Hall–Kier alpha value is -1.59. The average molecular weight is 279 g/mol. The molecule has 20 heavy (non-hydrogen) atoms. The van der Waals surface area contributed by atoms with Crippen LogP contribution in [-0.2, 0) is 0 Å². The highest BCUT2D eigenvalue weighted by atomic mass is 16.5. The fraction of sp³-hybridized carbons (Fsp3) is 0.786. The lowest BCUT2D eigenvalue weighted by Gasteiger charge is -2.26. The van der Waals surface area contributed by atoms with Gasteiger partial charge < -0.3 is 15.4 Å². The Morgan fingerprint density at radius 2 is 1.95 bits per heavy atom. The van der Waals surface area contributed by atoms with E-state index in [0.717, 1.165) is 13.1 Å². The number of rotatable bonds is 5. The van der Waals surface area contributed by atoms with Gasteiger partial charge in [-0.25, -0.2) is 0 Å². The van der Waals surface area contributed by atoms with Crippen LogP contribution in [0.1, 0.15) is 47.0 Å². The summed E-state index contributed by atoms with van der Waals surface area (Å²) < 4.78 is 5.53. The van der Waals surface area contributed by atoms with Gasteiger partial charge in [0.1, 0.15) is 0 Å². The molecule has 0 radical (unpaired) electrons. The first-order valence-electron chi connectivity index (χ1n) is 7.41. The Kier molecular flexibility index (Phi) is 4.30. The summed E-state index contributed by atoms with van der Waals surface area (Å²) in [6, 6.07) is 0.313. The van der Waals surface area contributed by atoms with Crippen LogP contribution >= 0.6 is 0 Å². The minimum atomic E-state index is 0.0219. The van der Waals surface area contributed by atoms with Crippen LogP contribution in [0.25, 0.3) is 0 Å². The predicted molar refractivity (Wildman–Crippen MR) is 79.8 cm³/mol. The molecule has 0 unspecified atom stereocenters. The minimum absolute atomic E-state index is 0.0219. The molecule has 0 aliphatic carbocycles. The van der Waals surface area contributed by atoms with E-state index in [1.165, 1.54) is 19.3 Å². The highest BCUT2D eigenvalue weighted by Gasteiger charge is 2.36. The summed E-state index contributed by atoms with van der Waals surface area (Å²) in [6.45, 7) is 10.3. The molecule has 2 heterocycles. The van der Waals surface area contributed by atoms with Crippen molar-refractivity contribution in [2.75, 3.05) is 23.7 Å². The SMILES string of the molecule is CCC1(CC)CCN(c2nc(N)nc(OC(C)C)n2)C1. The zero-order valence-electron chi connectivity index (χ0n) is 12.9. The summed E-state index contributed by atoms with van der Waals surface area (Å²) in [5, 5.41) is 0. The van der Waals surface area contributed by atoms with Crippen molar-refractivity contribution in [1.82, 2.24) is 15.0 Å². The maximum atomic E-state index is 5.77. The standard InChI is InChI=1S/C14H25N5O/c1-5-14(6-2)7-8-19(9-14)12-16-11(15)17-13(18-12)20-10(3)4/h10H,5-9H2,1-4H3,(H2,15,16,17,18). The number of hydrogen-bond acceptors (Lipinski definition) is 6. The second-order valence-corrected chi connectivity index (χ2v) is 5.82. The summed E-state index contributed by atoms with van der Waals surface area (Å²) in [7, 11) is 0. The largest absolute Gasteiger partial charge is 0.461 e. The van der Waals surface area contributed by atoms with E-state index in [1.54, 1.807) is 0 Å². The van der Waals surface area contributed by atoms with Crippen molar-refractivity contribution >= 4 is 11.9 Å². The Labute approximate surface area is 120 Å². The van der Waals surface area contributed by atoms with Gasteiger partial charge in [0.15, 0.2) is 0 Å². The van der Waals surface area contributed by atoms with Crippen LogP contribution in [0.4, 0.5) is 11.9 Å². The second kappa shape index (κ2) is 5.81. The summed E-state index contributed by atoms with van der Waals surface area (Å²) in [6.07, 6.45) is 3.55. The third-order valence-corrected chi connectivity index (χ3v) is 4.18. The zero-order valence-corrected chi connectivity index (χ0v) is 12.9. The maximum Gasteiger partial charge on any atom is 0.323 e. The molecule has 6 heteroatoms. The van der Waals surface area contributed by atoms with Crippen LogP contribution in [0.5, 0.6) is 6.01 Å². The lowest BCUT2D eigenvalue weighted by Crippen LogP contribution is -2.28. The number of nitrogens with two attached hydrogens (primary N) is 1. The highest BCUT2D eigenvalue weighted by molar-refractivity contribution is 5.38. The van der Waals surface area contributed by atoms with Gasteiger partial charge in [-0.05, 0) is 38.5 Å². The molecule has 1 saturated heterocycles. The molecule has 0 spiro atoms. The van der Waals surface area contributed by atoms with E-state index in [1.807, 2.05) is 13.8 Å². The normalized spacial score (nSPS) is 17.8. The molecule has 1 aliphatic heterocycles. The number of hydrogen-bond donors (Lipinski definition) is 1. The van der Waals surface area contributed by atoms with E-state index < -0.39 is 0 Å². The molecule has 0 amide bonds. The van der Waals surface area contributed by atoms with Gasteiger partial charge in [-0.3, -0.25) is 0 Å². The Morgan fingerprint density at radius 1 is 1.25 bits per heavy atom. The van der Waals surface area contributed by atoms with Crippen molar-refractivity contribution in [1.29, 1.82) is 0 Å². The second-order valence-electron chi connectivity index (χ2n) is 5.82. The highest BCUT2D eigenvalue weighted by Crippen LogP contribution is 2.38. The van der Waals surface area contributed by atoms with Crippen molar-refractivity contribution in [2.24, 2.45) is 5.41 Å². The topological polar surface area (TPSA) is 77.2 Å². The lowest BCUT2D eigenvalue weighted by molar-refractivity contribution is 0.222. The number of anilines is 2. The molecule has 0 saturated carbocycles. The van der Waals surface area contributed by atoms with E-state index in [0.29, 0.717) is 17.4 Å². The van der Waals surface area contributed by atoms with Gasteiger partial charge in [0, 0.05) is 13.1 Å². The smallest absolute Gasteiger partial charge is 0.323 e. The molecule has 0 atom stereocenters. The van der Waals surface area contributed by atoms with Crippen molar-refractivity contribution in [3.8, 4) is 6.01 Å². The van der Waals surface area contributed by atoms with Crippen LogP contribution < -0.4 is 15.4 Å². The molecule has 0 aromatic carbocycles. The fourth-order valence-electron chi connectivity index (χ4n) is 2.70. The van der Waals surface area contributed by atoms with E-state index in [2.05, 4.69) is 33.7 Å². The summed E-state index contributed by atoms with van der Waals surface area (Å²) in [5.74, 6) is 0.855. The van der Waals surface area contributed by atoms with Crippen LogP contribution in [0, 0.1) is 5.41 Å². The molecule has 2 rings (SSSR count). The molecule has 1 aliphatic rings. The van der Waals surface area contributed by atoms with Gasteiger partial charge in [0.05, 0.1) is 6.10 Å². The third-order valence-electron chi connectivity index (χ3n) is 4.18. The molecule has 112 valence electrons. The van der Waals surface area contributed by atoms with Crippen LogP contribution in [0.3, 0.4) is 0 Å². The average Bonchev–Trinajstić information content (AvgIpc) is 2.82. The number of ether oxygens (including phenoxy) is 1.